The summed E-state index contributed by atoms with van der Waals surface area (Å²) in [4.78, 5) is 0. The van der Waals surface area contributed by atoms with Crippen LogP contribution < -0.4 is 18.9 Å². The summed E-state index contributed by atoms with van der Waals surface area (Å²) in [6.07, 6.45) is 76.9. The van der Waals surface area contributed by atoms with Crippen molar-refractivity contribution in [1.29, 1.82) is 0 Å². The van der Waals surface area contributed by atoms with Gasteiger partial charge in [-0.2, -0.15) is 0 Å². The molecule has 105 heavy (non-hydrogen) atoms. The van der Waals surface area contributed by atoms with E-state index in [4.69, 9.17) is 42.6 Å². The number of benzene rings is 2. The summed E-state index contributed by atoms with van der Waals surface area (Å²) >= 11 is 0. The van der Waals surface area contributed by atoms with E-state index in [1.165, 1.54) is 353 Å². The maximum atomic E-state index is 10.3. The van der Waals surface area contributed by atoms with Gasteiger partial charge in [-0.05, 0) is 56.4 Å². The molecular weight excluding hydrogens is 1310 g/mol. The van der Waals surface area contributed by atoms with Gasteiger partial charge in [0.2, 0.25) is 0 Å². The number of aliphatic hydroxyl groups excluding tert-OH is 2. The monoisotopic (exact) mass is 1480 g/mol. The fourth-order valence-electron chi connectivity index (χ4n) is 13.3. The average Bonchev–Trinajstić information content (AvgIpc) is 1.92. The minimum atomic E-state index is -0.676. The van der Waals surface area contributed by atoms with E-state index in [9.17, 15) is 10.2 Å². The fourth-order valence-corrected chi connectivity index (χ4v) is 13.3. The molecule has 0 radical (unpaired) electrons. The van der Waals surface area contributed by atoms with Gasteiger partial charge in [0, 0.05) is 50.4 Å². The maximum absolute atomic E-state index is 10.3. The molecule has 11 heteroatoms. The fraction of sp³-hybridized carbons (Fsp3) is 0.872. The van der Waals surface area contributed by atoms with Crippen LogP contribution in [-0.4, -0.2) is 114 Å². The van der Waals surface area contributed by atoms with Crippen molar-refractivity contribution in [3.05, 3.63) is 48.5 Å². The SMILES string of the molecule is CCC1CO1.CCCCCCCCCCCCCCCCOCC(C)COc1cccc(OCC(C)COCCCCCCCCCCCCCCCC)c1.CCCCCCCCCCCCCCCCOCC(O)COc1cccc(OCC(O)COCCCCCCCCCCCCCCCC)c1. The van der Waals surface area contributed by atoms with E-state index in [0.717, 1.165) is 57.4 Å². The van der Waals surface area contributed by atoms with E-state index < -0.39 is 12.2 Å². The number of ether oxygens (including phenoxy) is 9. The molecule has 2 aromatic rings. The zero-order valence-electron chi connectivity index (χ0n) is 70.6. The number of hydrogen-bond donors (Lipinski definition) is 2. The highest BCUT2D eigenvalue weighted by Gasteiger charge is 2.18. The van der Waals surface area contributed by atoms with Crippen LogP contribution in [0.4, 0.5) is 0 Å². The lowest BCUT2D eigenvalue weighted by Crippen LogP contribution is -2.24. The topological polar surface area (TPSA) is 127 Å². The highest BCUT2D eigenvalue weighted by atomic mass is 16.6. The van der Waals surface area contributed by atoms with Crippen molar-refractivity contribution >= 4 is 0 Å². The third-order valence-electron chi connectivity index (χ3n) is 20.4. The van der Waals surface area contributed by atoms with Crippen LogP contribution in [0, 0.1) is 11.8 Å². The van der Waals surface area contributed by atoms with Crippen LogP contribution in [-0.2, 0) is 23.7 Å². The molecule has 3 rings (SSSR count). The first-order valence-electron chi connectivity index (χ1n) is 45.7. The minimum Gasteiger partial charge on any atom is -0.493 e. The first kappa shape index (κ1) is 100. The first-order valence-corrected chi connectivity index (χ1v) is 45.7. The molecule has 1 aliphatic heterocycles. The van der Waals surface area contributed by atoms with E-state index in [-0.39, 0.29) is 26.4 Å². The smallest absolute Gasteiger partial charge is 0.123 e. The van der Waals surface area contributed by atoms with Crippen molar-refractivity contribution in [2.24, 2.45) is 11.8 Å². The van der Waals surface area contributed by atoms with Crippen molar-refractivity contribution in [3.8, 4) is 23.0 Å². The largest absolute Gasteiger partial charge is 0.493 e. The number of aliphatic hydroxyl groups is 2. The van der Waals surface area contributed by atoms with Gasteiger partial charge in [-0.15, -0.1) is 0 Å². The molecule has 0 bridgehead atoms. The standard InChI is InChI=1S/C46H86O4.C44H82O6.C4H8O/c1-5-7-9-11-13-15-17-19-21-23-25-27-29-31-36-47-39-43(3)41-49-45-34-33-35-46(38-45)50-42-44(4)40-48-37-32-30-28-26-24-22-20-18-16-14-12-10-8-6-2;1-3-5-7-9-11-13-15-17-19-21-23-25-27-29-34-47-37-41(45)39-49-43-32-31-33-44(36-43)50-40-42(46)38-48-35-30-28-26-24-22-20-18-16-14-12-10-8-6-4-2;1-2-4-3-5-4/h33-35,38,43-44H,5-32,36-37,39-42H2,1-4H3;31-33,36,41-42,45-46H,3-30,34-35,37-40H2,1-2H3;4H,2-3H2,1H3. The quantitative estimate of drug-likeness (QED) is 0.0485. The van der Waals surface area contributed by atoms with Gasteiger partial charge in [0.25, 0.3) is 0 Å². The predicted molar refractivity (Wildman–Crippen MR) is 450 cm³/mol. The Balaban J connectivity index is 0.000000981. The van der Waals surface area contributed by atoms with Crippen molar-refractivity contribution in [2.75, 3.05) is 85.9 Å². The summed E-state index contributed by atoms with van der Waals surface area (Å²) in [6.45, 7) is 23.5. The van der Waals surface area contributed by atoms with Crippen LogP contribution >= 0.6 is 0 Å². The molecule has 1 saturated heterocycles. The Hall–Kier alpha value is -2.64. The third kappa shape index (κ3) is 76.5. The molecule has 1 fully saturated rings. The lowest BCUT2D eigenvalue weighted by Gasteiger charge is -2.16. The summed E-state index contributed by atoms with van der Waals surface area (Å²) in [7, 11) is 0. The molecular formula is C94H176O11. The second-order valence-electron chi connectivity index (χ2n) is 31.8. The van der Waals surface area contributed by atoms with Crippen molar-refractivity contribution in [3.63, 3.8) is 0 Å². The molecule has 618 valence electrons. The predicted octanol–water partition coefficient (Wildman–Crippen LogP) is 27.7. The van der Waals surface area contributed by atoms with E-state index in [1.54, 1.807) is 6.07 Å². The molecule has 5 unspecified atom stereocenters. The van der Waals surface area contributed by atoms with Gasteiger partial charge in [-0.1, -0.05) is 394 Å². The Morgan fingerprint density at radius 1 is 0.276 bits per heavy atom. The molecule has 11 nitrogen and oxygen atoms in total. The van der Waals surface area contributed by atoms with Crippen LogP contribution in [0.1, 0.15) is 414 Å². The number of epoxide rings is 1. The molecule has 0 aromatic heterocycles. The van der Waals surface area contributed by atoms with Crippen LogP contribution in [0.5, 0.6) is 23.0 Å². The number of hydrogen-bond acceptors (Lipinski definition) is 11. The van der Waals surface area contributed by atoms with Crippen LogP contribution in [0.25, 0.3) is 0 Å². The number of unbranched alkanes of at least 4 members (excludes halogenated alkanes) is 52. The second kappa shape index (κ2) is 82.3. The Labute approximate surface area is 651 Å². The Kier molecular flexibility index (Phi) is 78.7. The van der Waals surface area contributed by atoms with Gasteiger partial charge >= 0.3 is 0 Å². The highest BCUT2D eigenvalue weighted by Crippen LogP contribution is 2.24. The lowest BCUT2D eigenvalue weighted by molar-refractivity contribution is 0.00955. The molecule has 0 aliphatic carbocycles. The van der Waals surface area contributed by atoms with E-state index in [2.05, 4.69) is 48.5 Å². The molecule has 2 N–H and O–H groups in total. The second-order valence-corrected chi connectivity index (χ2v) is 31.8. The summed E-state index contributed by atoms with van der Waals surface area (Å²) in [5.74, 6) is 3.70. The van der Waals surface area contributed by atoms with Gasteiger partial charge in [-0.25, -0.2) is 0 Å². The highest BCUT2D eigenvalue weighted by molar-refractivity contribution is 5.33. The molecule has 2 aromatic carbocycles. The van der Waals surface area contributed by atoms with Crippen LogP contribution in [0.2, 0.25) is 0 Å². The maximum Gasteiger partial charge on any atom is 0.123 e. The van der Waals surface area contributed by atoms with Gasteiger partial charge in [-0.3, -0.25) is 0 Å². The first-order chi connectivity index (χ1) is 51.7. The summed E-state index contributed by atoms with van der Waals surface area (Å²) in [5.41, 5.74) is 0. The van der Waals surface area contributed by atoms with Gasteiger partial charge in [0.05, 0.1) is 52.4 Å². The van der Waals surface area contributed by atoms with E-state index in [0.29, 0.717) is 55.9 Å². The third-order valence-corrected chi connectivity index (χ3v) is 20.4. The average molecular weight is 1480 g/mol. The van der Waals surface area contributed by atoms with Gasteiger partial charge in [0.1, 0.15) is 48.4 Å². The summed E-state index contributed by atoms with van der Waals surface area (Å²) < 4.78 is 51.8. The lowest BCUT2D eigenvalue weighted by atomic mass is 10.0. The molecule has 1 aliphatic rings. The molecule has 1 heterocycles. The normalized spacial score (nSPS) is 13.7. The van der Waals surface area contributed by atoms with E-state index >= 15 is 0 Å². The van der Waals surface area contributed by atoms with E-state index in [1.807, 2.05) is 42.5 Å². The van der Waals surface area contributed by atoms with Crippen molar-refractivity contribution in [2.45, 2.75) is 433 Å². The molecule has 0 amide bonds. The Morgan fingerprint density at radius 2 is 0.467 bits per heavy atom. The minimum absolute atomic E-state index is 0.165. The molecule has 0 spiro atoms. The van der Waals surface area contributed by atoms with Crippen molar-refractivity contribution in [1.82, 2.24) is 0 Å². The summed E-state index contributed by atoms with van der Waals surface area (Å²) in [6, 6.07) is 15.3. The van der Waals surface area contributed by atoms with Crippen molar-refractivity contribution < 1.29 is 52.8 Å². The van der Waals surface area contributed by atoms with Crippen LogP contribution in [0.3, 0.4) is 0 Å². The number of rotatable bonds is 81. The van der Waals surface area contributed by atoms with Crippen LogP contribution in [0.15, 0.2) is 48.5 Å². The van der Waals surface area contributed by atoms with Gasteiger partial charge < -0.3 is 52.8 Å². The zero-order valence-corrected chi connectivity index (χ0v) is 70.6. The Bertz CT molecular complexity index is 1710. The molecule has 0 saturated carbocycles. The van der Waals surface area contributed by atoms with Gasteiger partial charge in [0.15, 0.2) is 0 Å². The Morgan fingerprint density at radius 3 is 0.657 bits per heavy atom. The summed E-state index contributed by atoms with van der Waals surface area (Å²) in [5, 5.41) is 20.6. The molecule has 5 atom stereocenters. The zero-order chi connectivity index (χ0) is 75.7.